The van der Waals surface area contributed by atoms with Crippen LogP contribution >= 0.6 is 23.2 Å². The highest BCUT2D eigenvalue weighted by Crippen LogP contribution is 2.32. The zero-order valence-electron chi connectivity index (χ0n) is 13.9. The molecule has 134 valence electrons. The van der Waals surface area contributed by atoms with E-state index in [1.807, 2.05) is 18.2 Å². The molecule has 0 spiro atoms. The minimum atomic E-state index is -3.69. The van der Waals surface area contributed by atoms with Crippen LogP contribution in [0.5, 0.6) is 0 Å². The van der Waals surface area contributed by atoms with Gasteiger partial charge in [0.1, 0.15) is 4.90 Å². The van der Waals surface area contributed by atoms with Gasteiger partial charge in [-0.05, 0) is 24.6 Å². The molecule has 0 N–H and O–H groups in total. The maximum absolute atomic E-state index is 12.9. The van der Waals surface area contributed by atoms with Crippen molar-refractivity contribution in [1.82, 2.24) is 9.21 Å². The number of hydrogen-bond donors (Lipinski definition) is 0. The van der Waals surface area contributed by atoms with Crippen molar-refractivity contribution in [3.8, 4) is 0 Å². The molecular formula is C18H20Cl2N2O2S. The van der Waals surface area contributed by atoms with E-state index < -0.39 is 10.0 Å². The summed E-state index contributed by atoms with van der Waals surface area (Å²) >= 11 is 12.2. The fourth-order valence-electron chi connectivity index (χ4n) is 3.13. The second-order valence-corrected chi connectivity index (χ2v) is 8.77. The van der Waals surface area contributed by atoms with Gasteiger partial charge < -0.3 is 0 Å². The Balaban J connectivity index is 1.74. The second-order valence-electron chi connectivity index (χ2n) is 6.08. The molecule has 0 aliphatic carbocycles. The molecule has 1 heterocycles. The van der Waals surface area contributed by atoms with Crippen LogP contribution in [0.1, 0.15) is 18.5 Å². The zero-order valence-corrected chi connectivity index (χ0v) is 16.2. The lowest BCUT2D eigenvalue weighted by molar-refractivity contribution is 0.146. The number of halogens is 2. The van der Waals surface area contributed by atoms with Gasteiger partial charge in [-0.1, -0.05) is 59.6 Å². The van der Waals surface area contributed by atoms with Crippen LogP contribution < -0.4 is 0 Å². The van der Waals surface area contributed by atoms with Crippen LogP contribution in [0.3, 0.4) is 0 Å². The summed E-state index contributed by atoms with van der Waals surface area (Å²) < 4.78 is 27.3. The second kappa shape index (κ2) is 7.64. The summed E-state index contributed by atoms with van der Waals surface area (Å²) in [6.07, 6.45) is 0. The number of benzene rings is 2. The molecule has 2 aromatic carbocycles. The van der Waals surface area contributed by atoms with Gasteiger partial charge in [0, 0.05) is 32.2 Å². The number of nitrogens with zero attached hydrogens (tertiary/aromatic N) is 2. The van der Waals surface area contributed by atoms with Gasteiger partial charge in [-0.2, -0.15) is 4.31 Å². The third-order valence-corrected chi connectivity index (χ3v) is 7.47. The highest BCUT2D eigenvalue weighted by atomic mass is 35.5. The Kier molecular flexibility index (Phi) is 5.71. The summed E-state index contributed by atoms with van der Waals surface area (Å²) in [5.41, 5.74) is 1.23. The van der Waals surface area contributed by atoms with Gasteiger partial charge in [0.25, 0.3) is 0 Å². The van der Waals surface area contributed by atoms with Crippen molar-refractivity contribution in [3.63, 3.8) is 0 Å². The van der Waals surface area contributed by atoms with E-state index in [1.165, 1.54) is 9.87 Å². The minimum absolute atomic E-state index is 0.00268. The van der Waals surface area contributed by atoms with Gasteiger partial charge in [-0.3, -0.25) is 4.90 Å². The summed E-state index contributed by atoms with van der Waals surface area (Å²) in [6, 6.07) is 15.2. The molecule has 1 aliphatic rings. The first-order chi connectivity index (χ1) is 11.9. The van der Waals surface area contributed by atoms with E-state index in [9.17, 15) is 8.42 Å². The molecule has 1 unspecified atom stereocenters. The third-order valence-electron chi connectivity index (χ3n) is 4.62. The number of sulfonamides is 1. The molecule has 0 saturated carbocycles. The predicted molar refractivity (Wildman–Crippen MR) is 102 cm³/mol. The van der Waals surface area contributed by atoms with Crippen molar-refractivity contribution < 1.29 is 8.42 Å². The van der Waals surface area contributed by atoms with Crippen LogP contribution in [-0.2, 0) is 10.0 Å². The van der Waals surface area contributed by atoms with E-state index in [2.05, 4.69) is 24.0 Å². The smallest absolute Gasteiger partial charge is 0.246 e. The van der Waals surface area contributed by atoms with E-state index in [0.717, 1.165) is 0 Å². The predicted octanol–water partition coefficient (Wildman–Crippen LogP) is 4.06. The summed E-state index contributed by atoms with van der Waals surface area (Å²) in [5, 5.41) is 0.320. The molecular weight excluding hydrogens is 379 g/mol. The number of rotatable bonds is 4. The van der Waals surface area contributed by atoms with Gasteiger partial charge >= 0.3 is 0 Å². The molecule has 0 aromatic heterocycles. The van der Waals surface area contributed by atoms with Crippen LogP contribution in [0.2, 0.25) is 10.0 Å². The van der Waals surface area contributed by atoms with E-state index in [4.69, 9.17) is 23.2 Å². The van der Waals surface area contributed by atoms with Gasteiger partial charge in [-0.15, -0.1) is 0 Å². The van der Waals surface area contributed by atoms with Crippen molar-refractivity contribution in [2.45, 2.75) is 17.9 Å². The summed E-state index contributed by atoms with van der Waals surface area (Å²) in [4.78, 5) is 2.29. The molecule has 1 atom stereocenters. The molecule has 0 radical (unpaired) electrons. The quantitative estimate of drug-likeness (QED) is 0.779. The van der Waals surface area contributed by atoms with Gasteiger partial charge in [0.2, 0.25) is 10.0 Å². The Labute approximate surface area is 159 Å². The largest absolute Gasteiger partial charge is 0.294 e. The lowest BCUT2D eigenvalue weighted by Gasteiger charge is -2.37. The number of piperazine rings is 1. The SMILES string of the molecule is CC(c1ccccc1)N1CCN(S(=O)(=O)c2c(Cl)cccc2Cl)CC1. The first-order valence-electron chi connectivity index (χ1n) is 8.14. The van der Waals surface area contributed by atoms with Crippen molar-refractivity contribution in [1.29, 1.82) is 0 Å². The van der Waals surface area contributed by atoms with Crippen LogP contribution in [-0.4, -0.2) is 43.8 Å². The molecule has 7 heteroatoms. The lowest BCUT2D eigenvalue weighted by Crippen LogP contribution is -2.49. The van der Waals surface area contributed by atoms with E-state index >= 15 is 0 Å². The molecule has 1 aliphatic heterocycles. The zero-order chi connectivity index (χ0) is 18.0. The van der Waals surface area contributed by atoms with Crippen LogP contribution in [0, 0.1) is 0 Å². The van der Waals surface area contributed by atoms with Crippen LogP contribution in [0.25, 0.3) is 0 Å². The lowest BCUT2D eigenvalue weighted by atomic mass is 10.1. The molecule has 1 fully saturated rings. The fourth-order valence-corrected chi connectivity index (χ4v) is 5.65. The van der Waals surface area contributed by atoms with Crippen molar-refractivity contribution in [3.05, 3.63) is 64.1 Å². The Hall–Kier alpha value is -1.11. The van der Waals surface area contributed by atoms with Crippen molar-refractivity contribution >= 4 is 33.2 Å². The molecule has 2 aromatic rings. The standard InChI is InChI=1S/C18H20Cl2N2O2S/c1-14(15-6-3-2-4-7-15)21-10-12-22(13-11-21)25(23,24)18-16(19)8-5-9-17(18)20/h2-9,14H,10-13H2,1H3. The Morgan fingerprint density at radius 1 is 0.880 bits per heavy atom. The first kappa shape index (κ1) is 18.7. The monoisotopic (exact) mass is 398 g/mol. The summed E-state index contributed by atoms with van der Waals surface area (Å²) in [7, 11) is -3.69. The maximum atomic E-state index is 12.9. The average Bonchev–Trinajstić information content (AvgIpc) is 2.61. The molecule has 0 bridgehead atoms. The maximum Gasteiger partial charge on any atom is 0.246 e. The van der Waals surface area contributed by atoms with Gasteiger partial charge in [0.05, 0.1) is 10.0 Å². The normalized spacial score (nSPS) is 18.2. The van der Waals surface area contributed by atoms with Crippen LogP contribution in [0.15, 0.2) is 53.4 Å². The Bertz CT molecular complexity index is 815. The molecule has 4 nitrogen and oxygen atoms in total. The Morgan fingerprint density at radius 3 is 2.00 bits per heavy atom. The van der Waals surface area contributed by atoms with E-state index in [0.29, 0.717) is 26.2 Å². The van der Waals surface area contributed by atoms with E-state index in [-0.39, 0.29) is 21.0 Å². The summed E-state index contributed by atoms with van der Waals surface area (Å²) in [5.74, 6) is 0. The first-order valence-corrected chi connectivity index (χ1v) is 10.3. The highest BCUT2D eigenvalue weighted by Gasteiger charge is 2.33. The average molecular weight is 399 g/mol. The van der Waals surface area contributed by atoms with Gasteiger partial charge in [0.15, 0.2) is 0 Å². The fraction of sp³-hybridized carbons (Fsp3) is 0.333. The molecule has 25 heavy (non-hydrogen) atoms. The molecule has 3 rings (SSSR count). The van der Waals surface area contributed by atoms with Crippen molar-refractivity contribution in [2.75, 3.05) is 26.2 Å². The molecule has 1 saturated heterocycles. The third kappa shape index (κ3) is 3.86. The van der Waals surface area contributed by atoms with Crippen LogP contribution in [0.4, 0.5) is 0 Å². The van der Waals surface area contributed by atoms with E-state index in [1.54, 1.807) is 18.2 Å². The topological polar surface area (TPSA) is 40.6 Å². The van der Waals surface area contributed by atoms with Crippen molar-refractivity contribution in [2.24, 2.45) is 0 Å². The molecule has 0 amide bonds. The number of hydrogen-bond acceptors (Lipinski definition) is 3. The Morgan fingerprint density at radius 2 is 1.44 bits per heavy atom. The van der Waals surface area contributed by atoms with Gasteiger partial charge in [-0.25, -0.2) is 8.42 Å². The minimum Gasteiger partial charge on any atom is -0.294 e. The summed E-state index contributed by atoms with van der Waals surface area (Å²) in [6.45, 7) is 4.31. The highest BCUT2D eigenvalue weighted by molar-refractivity contribution is 7.89.